The van der Waals surface area contributed by atoms with Crippen LogP contribution >= 0.6 is 0 Å². The number of hydrogen-bond acceptors (Lipinski definition) is 1. The van der Waals surface area contributed by atoms with Crippen LogP contribution in [0.15, 0.2) is 12.2 Å². The zero-order valence-corrected chi connectivity index (χ0v) is 7.20. The highest BCUT2D eigenvalue weighted by atomic mass is 16.1. The second-order valence-corrected chi connectivity index (χ2v) is 4.48. The van der Waals surface area contributed by atoms with Gasteiger partial charge in [0.15, 0.2) is 0 Å². The van der Waals surface area contributed by atoms with Crippen molar-refractivity contribution in [1.29, 1.82) is 0 Å². The van der Waals surface area contributed by atoms with Gasteiger partial charge in [-0.1, -0.05) is 12.2 Å². The zero-order valence-electron chi connectivity index (χ0n) is 7.20. The molecular formula is C11H14O. The van der Waals surface area contributed by atoms with E-state index in [4.69, 9.17) is 0 Å². The van der Waals surface area contributed by atoms with Crippen molar-refractivity contribution in [1.82, 2.24) is 0 Å². The predicted octanol–water partition coefficient (Wildman–Crippen LogP) is 2.18. The van der Waals surface area contributed by atoms with Gasteiger partial charge in [-0.05, 0) is 37.0 Å². The lowest BCUT2D eigenvalue weighted by molar-refractivity contribution is -0.123. The summed E-state index contributed by atoms with van der Waals surface area (Å²) in [6.07, 6.45) is 9.33. The van der Waals surface area contributed by atoms with Gasteiger partial charge in [-0.3, -0.25) is 4.79 Å². The third-order valence-electron chi connectivity index (χ3n) is 4.01. The maximum Gasteiger partial charge on any atom is 0.136 e. The Hall–Kier alpha value is -0.590. The quantitative estimate of drug-likeness (QED) is 0.499. The number of hydrogen-bond donors (Lipinski definition) is 0. The smallest absolute Gasteiger partial charge is 0.136 e. The molecule has 0 spiro atoms. The van der Waals surface area contributed by atoms with Gasteiger partial charge < -0.3 is 0 Å². The monoisotopic (exact) mass is 162 g/mol. The lowest BCUT2D eigenvalue weighted by Gasteiger charge is -2.40. The van der Waals surface area contributed by atoms with Crippen LogP contribution in [0.3, 0.4) is 0 Å². The van der Waals surface area contributed by atoms with Crippen LogP contribution < -0.4 is 0 Å². The van der Waals surface area contributed by atoms with Gasteiger partial charge >= 0.3 is 0 Å². The first-order valence-corrected chi connectivity index (χ1v) is 5.07. The van der Waals surface area contributed by atoms with Crippen molar-refractivity contribution in [2.75, 3.05) is 0 Å². The first-order chi connectivity index (χ1) is 5.86. The summed E-state index contributed by atoms with van der Waals surface area (Å²) in [7, 11) is 0. The van der Waals surface area contributed by atoms with Crippen molar-refractivity contribution in [3.63, 3.8) is 0 Å². The first-order valence-electron chi connectivity index (χ1n) is 5.07. The van der Waals surface area contributed by atoms with Crippen LogP contribution in [0.4, 0.5) is 0 Å². The molecule has 4 aliphatic carbocycles. The van der Waals surface area contributed by atoms with E-state index in [0.717, 1.165) is 18.3 Å². The molecule has 2 bridgehead atoms. The van der Waals surface area contributed by atoms with Gasteiger partial charge in [0.25, 0.3) is 0 Å². The molecule has 4 rings (SSSR count). The summed E-state index contributed by atoms with van der Waals surface area (Å²) in [5.41, 5.74) is 0. The van der Waals surface area contributed by atoms with Crippen LogP contribution in [0.2, 0.25) is 0 Å². The van der Waals surface area contributed by atoms with E-state index in [0.29, 0.717) is 17.6 Å². The van der Waals surface area contributed by atoms with Crippen molar-refractivity contribution < 1.29 is 4.79 Å². The van der Waals surface area contributed by atoms with Crippen molar-refractivity contribution in [2.45, 2.75) is 25.7 Å². The Balaban J connectivity index is 2.01. The number of carbonyl (C=O) groups excluding carboxylic acids is 1. The van der Waals surface area contributed by atoms with E-state index in [9.17, 15) is 4.79 Å². The van der Waals surface area contributed by atoms with Crippen LogP contribution in [-0.2, 0) is 4.79 Å². The Bertz CT molecular complexity index is 254. The summed E-state index contributed by atoms with van der Waals surface area (Å²) in [6, 6.07) is 0. The summed E-state index contributed by atoms with van der Waals surface area (Å²) in [5.74, 6) is 3.11. The molecule has 0 aromatic rings. The van der Waals surface area contributed by atoms with E-state index in [2.05, 4.69) is 12.2 Å². The molecule has 4 aliphatic rings. The van der Waals surface area contributed by atoms with Gasteiger partial charge in [-0.25, -0.2) is 0 Å². The molecule has 2 saturated carbocycles. The van der Waals surface area contributed by atoms with Crippen molar-refractivity contribution in [2.24, 2.45) is 23.7 Å². The third kappa shape index (κ3) is 0.720. The number of ketones is 1. The van der Waals surface area contributed by atoms with Crippen LogP contribution in [-0.4, -0.2) is 5.78 Å². The summed E-state index contributed by atoms with van der Waals surface area (Å²) < 4.78 is 0. The Kier molecular flexibility index (Phi) is 1.27. The molecule has 12 heavy (non-hydrogen) atoms. The average molecular weight is 162 g/mol. The summed E-state index contributed by atoms with van der Waals surface area (Å²) in [5, 5.41) is 0. The second kappa shape index (κ2) is 2.21. The predicted molar refractivity (Wildman–Crippen MR) is 46.6 cm³/mol. The van der Waals surface area contributed by atoms with Gasteiger partial charge in [0.05, 0.1) is 0 Å². The van der Waals surface area contributed by atoms with Crippen LogP contribution in [0.25, 0.3) is 0 Å². The maximum atomic E-state index is 11.6. The number of fused-ring (bicyclic) bond motifs is 1. The zero-order chi connectivity index (χ0) is 8.13. The average Bonchev–Trinajstić information content (AvgIpc) is 2.53. The van der Waals surface area contributed by atoms with Crippen LogP contribution in [0.1, 0.15) is 25.7 Å². The van der Waals surface area contributed by atoms with Gasteiger partial charge in [0.2, 0.25) is 0 Å². The third-order valence-corrected chi connectivity index (χ3v) is 4.01. The number of carbonyl (C=O) groups is 1. The topological polar surface area (TPSA) is 17.1 Å². The molecule has 0 aromatic carbocycles. The molecule has 0 amide bonds. The minimum Gasteiger partial charge on any atom is -0.299 e. The Morgan fingerprint density at radius 1 is 1.08 bits per heavy atom. The molecule has 0 saturated heterocycles. The highest BCUT2D eigenvalue weighted by Crippen LogP contribution is 2.50. The number of allylic oxidation sites excluding steroid dienone is 2. The van der Waals surface area contributed by atoms with Crippen LogP contribution in [0.5, 0.6) is 0 Å². The Morgan fingerprint density at radius 2 is 1.83 bits per heavy atom. The fourth-order valence-electron chi connectivity index (χ4n) is 3.45. The largest absolute Gasteiger partial charge is 0.299 e. The van der Waals surface area contributed by atoms with E-state index in [1.54, 1.807) is 0 Å². The first kappa shape index (κ1) is 6.88. The molecule has 0 aromatic heterocycles. The van der Waals surface area contributed by atoms with Gasteiger partial charge in [-0.15, -0.1) is 0 Å². The van der Waals surface area contributed by atoms with Gasteiger partial charge in [0.1, 0.15) is 5.78 Å². The minimum absolute atomic E-state index is 0.439. The highest BCUT2D eigenvalue weighted by Gasteiger charge is 2.47. The highest BCUT2D eigenvalue weighted by molar-refractivity contribution is 5.84. The van der Waals surface area contributed by atoms with E-state index in [-0.39, 0.29) is 0 Å². The van der Waals surface area contributed by atoms with E-state index < -0.39 is 0 Å². The molecule has 0 aliphatic heterocycles. The standard InChI is InChI=1S/C11H14O/c12-10-6-5-9-7-1-3-8(4-2-7)11(9)10/h1,3,7-9,11H,2,4-6H2/t7-,8+,9-,11+/m0/s1. The molecule has 0 unspecified atom stereocenters. The molecular weight excluding hydrogens is 148 g/mol. The van der Waals surface area contributed by atoms with E-state index in [1.165, 1.54) is 19.3 Å². The fourth-order valence-corrected chi connectivity index (χ4v) is 3.45. The SMILES string of the molecule is O=C1CC[C@@H]2[C@H]1[C@@H]1C=C[C@H]2CC1. The molecule has 2 fully saturated rings. The second-order valence-electron chi connectivity index (χ2n) is 4.48. The normalized spacial score (nSPS) is 49.8. The number of Topliss-reactive ketones (excluding diaryl/α,β-unsaturated/α-hetero) is 1. The molecule has 4 atom stereocenters. The lowest BCUT2D eigenvalue weighted by atomic mass is 9.63. The minimum atomic E-state index is 0.439. The molecule has 0 heterocycles. The van der Waals surface area contributed by atoms with Crippen molar-refractivity contribution in [3.05, 3.63) is 12.2 Å². The van der Waals surface area contributed by atoms with Crippen molar-refractivity contribution >= 4 is 5.78 Å². The molecule has 1 heteroatoms. The summed E-state index contributed by atoms with van der Waals surface area (Å²) >= 11 is 0. The molecule has 0 radical (unpaired) electrons. The van der Waals surface area contributed by atoms with Gasteiger partial charge in [-0.2, -0.15) is 0 Å². The molecule has 0 N–H and O–H groups in total. The van der Waals surface area contributed by atoms with Crippen LogP contribution in [0, 0.1) is 23.7 Å². The van der Waals surface area contributed by atoms with Gasteiger partial charge in [0, 0.05) is 12.3 Å². The Morgan fingerprint density at radius 3 is 2.50 bits per heavy atom. The van der Waals surface area contributed by atoms with E-state index >= 15 is 0 Å². The lowest BCUT2D eigenvalue weighted by Crippen LogP contribution is -2.36. The van der Waals surface area contributed by atoms with E-state index in [1.807, 2.05) is 0 Å². The molecule has 1 nitrogen and oxygen atoms in total. The van der Waals surface area contributed by atoms with Crippen molar-refractivity contribution in [3.8, 4) is 0 Å². The molecule has 64 valence electrons. The Labute approximate surface area is 72.8 Å². The summed E-state index contributed by atoms with van der Waals surface area (Å²) in [4.78, 5) is 11.6. The fraction of sp³-hybridized carbons (Fsp3) is 0.727. The number of rotatable bonds is 0. The summed E-state index contributed by atoms with van der Waals surface area (Å²) in [6.45, 7) is 0. The maximum absolute atomic E-state index is 11.6.